The number of carbonyl (C=O) groups is 2. The number of esters is 1. The maximum Gasteiger partial charge on any atom is 0.412 e. The molecule has 2 aromatic rings. The first-order chi connectivity index (χ1) is 12.0. The van der Waals surface area contributed by atoms with E-state index in [1.165, 1.54) is 0 Å². The zero-order chi connectivity index (χ0) is 18.2. The van der Waals surface area contributed by atoms with Crippen LogP contribution >= 0.6 is 0 Å². The van der Waals surface area contributed by atoms with Gasteiger partial charge in [-0.3, -0.25) is 5.32 Å². The van der Waals surface area contributed by atoms with Crippen LogP contribution in [0.25, 0.3) is 0 Å². The van der Waals surface area contributed by atoms with Crippen molar-refractivity contribution in [2.75, 3.05) is 11.9 Å². The molecule has 0 aliphatic carbocycles. The van der Waals surface area contributed by atoms with E-state index in [2.05, 4.69) is 15.3 Å². The quantitative estimate of drug-likeness (QED) is 0.811. The molecule has 0 spiro atoms. The third kappa shape index (κ3) is 5.27. The molecule has 2 rings (SSSR count). The fourth-order valence-corrected chi connectivity index (χ4v) is 2.28. The predicted octanol–water partition coefficient (Wildman–Crippen LogP) is 2.82. The summed E-state index contributed by atoms with van der Waals surface area (Å²) < 4.78 is 10.3. The second-order valence-electron chi connectivity index (χ2n) is 5.41. The minimum absolute atomic E-state index is 0.0415. The molecule has 7 heteroatoms. The average Bonchev–Trinajstić information content (AvgIpc) is 2.59. The zero-order valence-corrected chi connectivity index (χ0v) is 14.5. The topological polar surface area (TPSA) is 90.4 Å². The van der Waals surface area contributed by atoms with E-state index in [4.69, 9.17) is 9.47 Å². The molecule has 1 heterocycles. The van der Waals surface area contributed by atoms with Crippen LogP contribution in [0.5, 0.6) is 0 Å². The van der Waals surface area contributed by atoms with Gasteiger partial charge >= 0.3 is 12.1 Å². The third-order valence-corrected chi connectivity index (χ3v) is 3.49. The Hall–Kier alpha value is -2.96. The van der Waals surface area contributed by atoms with Crippen molar-refractivity contribution in [1.82, 2.24) is 9.97 Å². The Balaban J connectivity index is 2.10. The van der Waals surface area contributed by atoms with E-state index in [-0.39, 0.29) is 13.0 Å². The fourth-order valence-electron chi connectivity index (χ4n) is 2.28. The SMILES string of the molecule is CCOC(=O)C(Cc1ncccn1)OC(=O)Nc1c(C)cccc1C. The smallest absolute Gasteiger partial charge is 0.412 e. The van der Waals surface area contributed by atoms with Crippen LogP contribution in [0.4, 0.5) is 10.5 Å². The van der Waals surface area contributed by atoms with Gasteiger partial charge in [-0.05, 0) is 38.0 Å². The molecule has 0 fully saturated rings. The molecule has 0 radical (unpaired) electrons. The highest BCUT2D eigenvalue weighted by Gasteiger charge is 2.26. The minimum Gasteiger partial charge on any atom is -0.463 e. The van der Waals surface area contributed by atoms with Gasteiger partial charge in [0, 0.05) is 18.1 Å². The number of rotatable bonds is 6. The molecular weight excluding hydrogens is 322 g/mol. The normalized spacial score (nSPS) is 11.5. The first kappa shape index (κ1) is 18.4. The van der Waals surface area contributed by atoms with Crippen LogP contribution in [0.2, 0.25) is 0 Å². The first-order valence-electron chi connectivity index (χ1n) is 7.97. The summed E-state index contributed by atoms with van der Waals surface area (Å²) in [5.74, 6) is -0.243. The summed E-state index contributed by atoms with van der Waals surface area (Å²) in [5, 5.41) is 2.68. The molecule has 7 nitrogen and oxygen atoms in total. The van der Waals surface area contributed by atoms with Gasteiger partial charge < -0.3 is 9.47 Å². The number of anilines is 1. The number of nitrogens with one attached hydrogen (secondary N) is 1. The zero-order valence-electron chi connectivity index (χ0n) is 14.5. The highest BCUT2D eigenvalue weighted by atomic mass is 16.6. The fraction of sp³-hybridized carbons (Fsp3) is 0.333. The Morgan fingerprint density at radius 2 is 1.76 bits per heavy atom. The van der Waals surface area contributed by atoms with Gasteiger partial charge in [-0.15, -0.1) is 0 Å². The molecule has 1 N–H and O–H groups in total. The second-order valence-corrected chi connectivity index (χ2v) is 5.41. The Bertz CT molecular complexity index is 714. The van der Waals surface area contributed by atoms with Gasteiger partial charge in [0.2, 0.25) is 6.10 Å². The molecule has 0 aliphatic heterocycles. The molecular formula is C18H21N3O4. The monoisotopic (exact) mass is 343 g/mol. The van der Waals surface area contributed by atoms with E-state index in [9.17, 15) is 9.59 Å². The van der Waals surface area contributed by atoms with Gasteiger partial charge in [0.15, 0.2) is 0 Å². The molecule has 132 valence electrons. The molecule has 0 saturated carbocycles. The highest BCUT2D eigenvalue weighted by molar-refractivity contribution is 5.89. The Labute approximate surface area is 146 Å². The summed E-state index contributed by atoms with van der Waals surface area (Å²) >= 11 is 0. The lowest BCUT2D eigenvalue weighted by Crippen LogP contribution is -2.33. The summed E-state index contributed by atoms with van der Waals surface area (Å²) in [6.07, 6.45) is 1.31. The van der Waals surface area contributed by atoms with Crippen LogP contribution in [0.1, 0.15) is 23.9 Å². The highest BCUT2D eigenvalue weighted by Crippen LogP contribution is 2.20. The van der Waals surface area contributed by atoms with E-state index in [0.29, 0.717) is 11.5 Å². The van der Waals surface area contributed by atoms with E-state index in [0.717, 1.165) is 11.1 Å². The van der Waals surface area contributed by atoms with E-state index in [1.807, 2.05) is 32.0 Å². The van der Waals surface area contributed by atoms with Gasteiger partial charge in [0.05, 0.1) is 13.0 Å². The molecule has 0 saturated heterocycles. The van der Waals surface area contributed by atoms with Crippen molar-refractivity contribution in [3.63, 3.8) is 0 Å². The number of carbonyl (C=O) groups excluding carboxylic acids is 2. The third-order valence-electron chi connectivity index (χ3n) is 3.49. The number of para-hydroxylation sites is 1. The maximum atomic E-state index is 12.2. The van der Waals surface area contributed by atoms with Gasteiger partial charge in [-0.25, -0.2) is 19.6 Å². The lowest BCUT2D eigenvalue weighted by atomic mass is 10.1. The summed E-state index contributed by atoms with van der Waals surface area (Å²) in [5.41, 5.74) is 2.46. The van der Waals surface area contributed by atoms with Crippen molar-refractivity contribution >= 4 is 17.7 Å². The molecule has 0 aliphatic rings. The van der Waals surface area contributed by atoms with Crippen molar-refractivity contribution in [2.24, 2.45) is 0 Å². The number of ether oxygens (including phenoxy) is 2. The van der Waals surface area contributed by atoms with Crippen molar-refractivity contribution < 1.29 is 19.1 Å². The van der Waals surface area contributed by atoms with Crippen LogP contribution < -0.4 is 5.32 Å². The van der Waals surface area contributed by atoms with E-state index < -0.39 is 18.2 Å². The number of hydrogen-bond acceptors (Lipinski definition) is 6. The molecule has 1 aromatic heterocycles. The second kappa shape index (κ2) is 8.77. The largest absolute Gasteiger partial charge is 0.463 e. The van der Waals surface area contributed by atoms with Gasteiger partial charge in [-0.1, -0.05) is 18.2 Å². The van der Waals surface area contributed by atoms with Crippen LogP contribution in [-0.4, -0.2) is 34.7 Å². The van der Waals surface area contributed by atoms with E-state index in [1.54, 1.807) is 25.4 Å². The Morgan fingerprint density at radius 1 is 1.12 bits per heavy atom. The summed E-state index contributed by atoms with van der Waals surface area (Å²) in [4.78, 5) is 32.4. The van der Waals surface area contributed by atoms with Crippen LogP contribution in [-0.2, 0) is 20.7 Å². The summed E-state index contributed by atoms with van der Waals surface area (Å²) in [7, 11) is 0. The van der Waals surface area contributed by atoms with Gasteiger partial charge in [0.25, 0.3) is 0 Å². The first-order valence-corrected chi connectivity index (χ1v) is 7.97. The van der Waals surface area contributed by atoms with E-state index >= 15 is 0 Å². The Morgan fingerprint density at radius 3 is 2.36 bits per heavy atom. The van der Waals surface area contributed by atoms with Crippen molar-refractivity contribution in [2.45, 2.75) is 33.3 Å². The number of amides is 1. The maximum absolute atomic E-state index is 12.2. The lowest BCUT2D eigenvalue weighted by Gasteiger charge is -2.17. The van der Waals surface area contributed by atoms with Gasteiger partial charge in [-0.2, -0.15) is 0 Å². The minimum atomic E-state index is -1.12. The number of nitrogens with zero attached hydrogens (tertiary/aromatic N) is 2. The van der Waals surface area contributed by atoms with Crippen molar-refractivity contribution in [3.05, 3.63) is 53.6 Å². The number of aromatic nitrogens is 2. The van der Waals surface area contributed by atoms with Gasteiger partial charge in [0.1, 0.15) is 5.82 Å². The number of aryl methyl sites for hydroxylation is 2. The molecule has 25 heavy (non-hydrogen) atoms. The van der Waals surface area contributed by atoms with Crippen molar-refractivity contribution in [1.29, 1.82) is 0 Å². The molecule has 1 atom stereocenters. The number of benzene rings is 1. The molecule has 0 bridgehead atoms. The standard InChI is InChI=1S/C18H21N3O4/c1-4-24-17(22)14(11-15-19-9-6-10-20-15)25-18(23)21-16-12(2)7-5-8-13(16)3/h5-10,14H,4,11H2,1-3H3,(H,21,23). The molecule has 1 aromatic carbocycles. The molecule has 1 unspecified atom stereocenters. The van der Waals surface area contributed by atoms with Crippen LogP contribution in [0.3, 0.4) is 0 Å². The number of hydrogen-bond donors (Lipinski definition) is 1. The Kier molecular flexibility index (Phi) is 6.45. The molecule has 1 amide bonds. The lowest BCUT2D eigenvalue weighted by molar-refractivity contribution is -0.152. The van der Waals surface area contributed by atoms with Crippen LogP contribution in [0.15, 0.2) is 36.7 Å². The predicted molar refractivity (Wildman–Crippen MR) is 92.2 cm³/mol. The van der Waals surface area contributed by atoms with Crippen molar-refractivity contribution in [3.8, 4) is 0 Å². The average molecular weight is 343 g/mol. The van der Waals surface area contributed by atoms with Crippen LogP contribution in [0, 0.1) is 13.8 Å². The summed E-state index contributed by atoms with van der Waals surface area (Å²) in [6.45, 7) is 5.63. The summed E-state index contributed by atoms with van der Waals surface area (Å²) in [6, 6.07) is 7.32.